The van der Waals surface area contributed by atoms with Crippen LogP contribution < -0.4 is 5.32 Å². The van der Waals surface area contributed by atoms with Crippen LogP contribution in [-0.2, 0) is 16.1 Å². The summed E-state index contributed by atoms with van der Waals surface area (Å²) in [6.45, 7) is 2.58. The van der Waals surface area contributed by atoms with Crippen molar-refractivity contribution in [1.29, 1.82) is 0 Å². The zero-order valence-electron chi connectivity index (χ0n) is 13.2. The molecule has 0 aromatic heterocycles. The number of nitrogens with zero attached hydrogens (tertiary/aromatic N) is 1. The Morgan fingerprint density at radius 3 is 2.50 bits per heavy atom. The van der Waals surface area contributed by atoms with E-state index in [2.05, 4.69) is 5.32 Å². The molecule has 2 fully saturated rings. The molecule has 1 atom stereocenters. The number of piperazine rings is 1. The second kappa shape index (κ2) is 6.11. The first-order valence-corrected chi connectivity index (χ1v) is 8.34. The monoisotopic (exact) mass is 300 g/mol. The molecule has 0 bridgehead atoms. The highest BCUT2D eigenvalue weighted by atomic mass is 16.2. The number of benzene rings is 1. The molecular formula is C18H24N2O2. The van der Waals surface area contributed by atoms with E-state index in [9.17, 15) is 9.59 Å². The third-order valence-corrected chi connectivity index (χ3v) is 5.00. The first-order valence-electron chi connectivity index (χ1n) is 8.34. The van der Waals surface area contributed by atoms with Crippen LogP contribution in [0.4, 0.5) is 0 Å². The summed E-state index contributed by atoms with van der Waals surface area (Å²) in [6, 6.07) is 9.63. The topological polar surface area (TPSA) is 49.4 Å². The van der Waals surface area contributed by atoms with Gasteiger partial charge < -0.3 is 10.2 Å². The van der Waals surface area contributed by atoms with Crippen molar-refractivity contribution in [2.24, 2.45) is 0 Å². The fourth-order valence-corrected chi connectivity index (χ4v) is 3.81. The van der Waals surface area contributed by atoms with E-state index < -0.39 is 5.54 Å². The van der Waals surface area contributed by atoms with Crippen molar-refractivity contribution in [2.45, 2.75) is 63.6 Å². The van der Waals surface area contributed by atoms with Gasteiger partial charge in [0, 0.05) is 6.54 Å². The van der Waals surface area contributed by atoms with Crippen LogP contribution in [-0.4, -0.2) is 28.3 Å². The molecular weight excluding hydrogens is 276 g/mol. The van der Waals surface area contributed by atoms with Gasteiger partial charge in [-0.15, -0.1) is 0 Å². The summed E-state index contributed by atoms with van der Waals surface area (Å²) in [4.78, 5) is 27.6. The van der Waals surface area contributed by atoms with Gasteiger partial charge in [-0.1, -0.05) is 56.5 Å². The van der Waals surface area contributed by atoms with Crippen molar-refractivity contribution in [3.05, 3.63) is 35.9 Å². The predicted molar refractivity (Wildman–Crippen MR) is 85.0 cm³/mol. The third-order valence-electron chi connectivity index (χ3n) is 5.00. The van der Waals surface area contributed by atoms with Crippen LogP contribution in [0.5, 0.6) is 0 Å². The average Bonchev–Trinajstić information content (AvgIpc) is 3.02. The largest absolute Gasteiger partial charge is 0.342 e. The smallest absolute Gasteiger partial charge is 0.246 e. The fraction of sp³-hybridized carbons (Fsp3) is 0.556. The quantitative estimate of drug-likeness (QED) is 0.929. The summed E-state index contributed by atoms with van der Waals surface area (Å²) in [6.07, 6.45) is 5.22. The van der Waals surface area contributed by atoms with Crippen molar-refractivity contribution in [1.82, 2.24) is 10.2 Å². The highest BCUT2D eigenvalue weighted by Crippen LogP contribution is 2.39. The predicted octanol–water partition coefficient (Wildman–Crippen LogP) is 2.63. The van der Waals surface area contributed by atoms with Gasteiger partial charge in [0.15, 0.2) is 0 Å². The van der Waals surface area contributed by atoms with Crippen molar-refractivity contribution in [3.63, 3.8) is 0 Å². The lowest BCUT2D eigenvalue weighted by molar-refractivity contribution is -0.158. The molecule has 22 heavy (non-hydrogen) atoms. The Morgan fingerprint density at radius 1 is 1.18 bits per heavy atom. The minimum absolute atomic E-state index is 0.0546. The normalized spacial score (nSPS) is 23.9. The molecule has 3 rings (SSSR count). The van der Waals surface area contributed by atoms with Gasteiger partial charge in [0.25, 0.3) is 0 Å². The van der Waals surface area contributed by atoms with Crippen molar-refractivity contribution >= 4 is 11.8 Å². The molecule has 118 valence electrons. The standard InChI is InChI=1S/C18H24N2O2/c1-2-8-15-16(21)20(13-14-9-4-3-5-10-14)18(17(22)19-15)11-6-7-12-18/h3-5,9-10,15H,2,6-8,11-13H2,1H3,(H,19,22). The van der Waals surface area contributed by atoms with Gasteiger partial charge in [0.2, 0.25) is 11.8 Å². The second-order valence-electron chi connectivity index (χ2n) is 6.46. The first-order chi connectivity index (χ1) is 10.7. The van der Waals surface area contributed by atoms with E-state index in [0.717, 1.165) is 37.7 Å². The summed E-state index contributed by atoms with van der Waals surface area (Å²) in [5.74, 6) is 0.145. The Kier molecular flexibility index (Phi) is 4.19. The number of amides is 2. The van der Waals surface area contributed by atoms with Gasteiger partial charge in [-0.3, -0.25) is 9.59 Å². The van der Waals surface area contributed by atoms with Gasteiger partial charge in [0.1, 0.15) is 11.6 Å². The van der Waals surface area contributed by atoms with E-state index in [-0.39, 0.29) is 17.9 Å². The molecule has 1 spiro atoms. The van der Waals surface area contributed by atoms with Crippen molar-refractivity contribution in [2.75, 3.05) is 0 Å². The molecule has 2 aliphatic rings. The molecule has 4 nitrogen and oxygen atoms in total. The summed E-state index contributed by atoms with van der Waals surface area (Å²) in [5.41, 5.74) is 0.476. The van der Waals surface area contributed by atoms with E-state index in [1.807, 2.05) is 42.2 Å². The lowest BCUT2D eigenvalue weighted by atomic mass is 9.88. The molecule has 1 saturated carbocycles. The number of carbonyl (C=O) groups is 2. The van der Waals surface area contributed by atoms with Crippen LogP contribution in [0.3, 0.4) is 0 Å². The van der Waals surface area contributed by atoms with Crippen LogP contribution >= 0.6 is 0 Å². The maximum absolute atomic E-state index is 12.9. The maximum atomic E-state index is 12.9. The lowest BCUT2D eigenvalue weighted by Crippen LogP contribution is -2.69. The molecule has 0 radical (unpaired) electrons. The first kappa shape index (κ1) is 15.1. The van der Waals surface area contributed by atoms with Crippen molar-refractivity contribution in [3.8, 4) is 0 Å². The van der Waals surface area contributed by atoms with Gasteiger partial charge in [-0.05, 0) is 24.8 Å². The second-order valence-corrected chi connectivity index (χ2v) is 6.46. The van der Waals surface area contributed by atoms with Gasteiger partial charge in [-0.25, -0.2) is 0 Å². The van der Waals surface area contributed by atoms with Crippen LogP contribution in [0.2, 0.25) is 0 Å². The Labute approximate surface area is 131 Å². The molecule has 1 heterocycles. The fourth-order valence-electron chi connectivity index (χ4n) is 3.81. The molecule has 1 saturated heterocycles. The number of hydrogen-bond acceptors (Lipinski definition) is 2. The SMILES string of the molecule is CCCC1NC(=O)C2(CCCC2)N(Cc2ccccc2)C1=O. The Balaban J connectivity index is 1.91. The lowest BCUT2D eigenvalue weighted by Gasteiger charge is -2.46. The number of carbonyl (C=O) groups excluding carboxylic acids is 2. The summed E-state index contributed by atoms with van der Waals surface area (Å²) < 4.78 is 0. The number of rotatable bonds is 4. The third kappa shape index (κ3) is 2.51. The van der Waals surface area contributed by atoms with Crippen LogP contribution in [0.15, 0.2) is 30.3 Å². The number of nitrogens with one attached hydrogen (secondary N) is 1. The number of hydrogen-bond donors (Lipinski definition) is 1. The molecule has 1 unspecified atom stereocenters. The van der Waals surface area contributed by atoms with E-state index in [1.54, 1.807) is 0 Å². The Bertz CT molecular complexity index is 549. The highest BCUT2D eigenvalue weighted by Gasteiger charge is 2.53. The zero-order valence-corrected chi connectivity index (χ0v) is 13.2. The summed E-state index contributed by atoms with van der Waals surface area (Å²) in [5, 5.41) is 2.99. The van der Waals surface area contributed by atoms with Crippen LogP contribution in [0.1, 0.15) is 51.0 Å². The molecule has 1 aliphatic carbocycles. The van der Waals surface area contributed by atoms with Gasteiger partial charge >= 0.3 is 0 Å². The van der Waals surface area contributed by atoms with Crippen LogP contribution in [0.25, 0.3) is 0 Å². The summed E-state index contributed by atoms with van der Waals surface area (Å²) >= 11 is 0. The Hall–Kier alpha value is -1.84. The zero-order chi connectivity index (χ0) is 15.6. The minimum Gasteiger partial charge on any atom is -0.342 e. The molecule has 1 aromatic rings. The van der Waals surface area contributed by atoms with E-state index in [0.29, 0.717) is 13.0 Å². The van der Waals surface area contributed by atoms with Crippen molar-refractivity contribution < 1.29 is 9.59 Å². The molecule has 1 aromatic carbocycles. The molecule has 2 amide bonds. The minimum atomic E-state index is -0.614. The average molecular weight is 300 g/mol. The van der Waals surface area contributed by atoms with E-state index in [1.165, 1.54) is 0 Å². The maximum Gasteiger partial charge on any atom is 0.246 e. The highest BCUT2D eigenvalue weighted by molar-refractivity contribution is 6.00. The van der Waals surface area contributed by atoms with Gasteiger partial charge in [0.05, 0.1) is 0 Å². The van der Waals surface area contributed by atoms with E-state index >= 15 is 0 Å². The van der Waals surface area contributed by atoms with Crippen LogP contribution in [0, 0.1) is 0 Å². The van der Waals surface area contributed by atoms with Gasteiger partial charge in [-0.2, -0.15) is 0 Å². The molecule has 1 aliphatic heterocycles. The van der Waals surface area contributed by atoms with E-state index in [4.69, 9.17) is 0 Å². The molecule has 1 N–H and O–H groups in total. The summed E-state index contributed by atoms with van der Waals surface area (Å²) in [7, 11) is 0. The Morgan fingerprint density at radius 2 is 1.86 bits per heavy atom. The molecule has 4 heteroatoms.